The zero-order valence-corrected chi connectivity index (χ0v) is 14.8. The van der Waals surface area contributed by atoms with Crippen molar-refractivity contribution in [1.29, 1.82) is 0 Å². The van der Waals surface area contributed by atoms with Gasteiger partial charge >= 0.3 is 0 Å². The predicted octanol–water partition coefficient (Wildman–Crippen LogP) is 1.41. The van der Waals surface area contributed by atoms with Crippen molar-refractivity contribution in [3.8, 4) is 0 Å². The summed E-state index contributed by atoms with van der Waals surface area (Å²) in [5, 5.41) is 3.33. The molecule has 4 heterocycles. The minimum atomic E-state index is 0.691. The lowest BCUT2D eigenvalue weighted by molar-refractivity contribution is 0.0114. The van der Waals surface area contributed by atoms with Crippen LogP contribution in [-0.2, 0) is 4.74 Å². The highest BCUT2D eigenvalue weighted by molar-refractivity contribution is 8.03. The van der Waals surface area contributed by atoms with Crippen LogP contribution in [0.1, 0.15) is 18.5 Å². The summed E-state index contributed by atoms with van der Waals surface area (Å²) in [7, 11) is 0. The molecule has 6 nitrogen and oxygen atoms in total. The van der Waals surface area contributed by atoms with Crippen molar-refractivity contribution < 1.29 is 4.74 Å². The largest absolute Gasteiger partial charge is 0.379 e. The molecule has 1 N–H and O–H groups in total. The Balaban J connectivity index is 1.37. The molecule has 0 aromatic carbocycles. The maximum absolute atomic E-state index is 5.46. The molecule has 4 rings (SSSR count). The highest BCUT2D eigenvalue weighted by Crippen LogP contribution is 2.23. The van der Waals surface area contributed by atoms with Crippen LogP contribution < -0.4 is 10.2 Å². The number of nitrogens with zero attached hydrogens (tertiary/aromatic N) is 4. The van der Waals surface area contributed by atoms with Crippen LogP contribution in [0, 0.1) is 0 Å². The van der Waals surface area contributed by atoms with Gasteiger partial charge in [0.2, 0.25) is 5.95 Å². The molecule has 3 aliphatic rings. The van der Waals surface area contributed by atoms with Crippen molar-refractivity contribution in [2.75, 3.05) is 56.7 Å². The van der Waals surface area contributed by atoms with Gasteiger partial charge in [0.25, 0.3) is 0 Å². The average molecular weight is 347 g/mol. The van der Waals surface area contributed by atoms with E-state index in [1.54, 1.807) is 0 Å². The molecular formula is C17H25N5OS. The Morgan fingerprint density at radius 3 is 2.79 bits per heavy atom. The van der Waals surface area contributed by atoms with Crippen molar-refractivity contribution in [1.82, 2.24) is 20.2 Å². The molecule has 0 spiro atoms. The molecule has 3 aliphatic heterocycles. The van der Waals surface area contributed by atoms with Crippen LogP contribution in [0.2, 0.25) is 0 Å². The van der Waals surface area contributed by atoms with E-state index in [-0.39, 0.29) is 0 Å². The molecule has 0 radical (unpaired) electrons. The summed E-state index contributed by atoms with van der Waals surface area (Å²) in [5.41, 5.74) is 1.02. The van der Waals surface area contributed by atoms with Crippen molar-refractivity contribution in [3.05, 3.63) is 22.9 Å². The van der Waals surface area contributed by atoms with E-state index in [0.29, 0.717) is 6.04 Å². The molecule has 0 aliphatic carbocycles. The number of thioether (sulfide) groups is 1. The van der Waals surface area contributed by atoms with Crippen molar-refractivity contribution in [2.24, 2.45) is 0 Å². The third-order valence-corrected chi connectivity index (χ3v) is 5.92. The number of ether oxygens (including phenoxy) is 1. The number of anilines is 1. The smallest absolute Gasteiger partial charge is 0.225 e. The maximum Gasteiger partial charge on any atom is 0.225 e. The summed E-state index contributed by atoms with van der Waals surface area (Å²) in [5.74, 6) is 1.87. The van der Waals surface area contributed by atoms with Gasteiger partial charge in [0, 0.05) is 55.7 Å². The van der Waals surface area contributed by atoms with Crippen LogP contribution in [0.15, 0.2) is 17.2 Å². The first-order valence-corrected chi connectivity index (χ1v) is 9.81. The van der Waals surface area contributed by atoms with Crippen LogP contribution in [-0.4, -0.2) is 72.7 Å². The molecule has 3 fully saturated rings. The summed E-state index contributed by atoms with van der Waals surface area (Å²) in [6, 6.07) is 2.69. The Labute approximate surface area is 147 Å². The summed E-state index contributed by atoms with van der Waals surface area (Å²) in [6.07, 6.45) is 6.44. The van der Waals surface area contributed by atoms with Gasteiger partial charge in [-0.05, 0) is 25.0 Å². The van der Waals surface area contributed by atoms with Gasteiger partial charge in [0.1, 0.15) is 0 Å². The molecular weight excluding hydrogens is 322 g/mol. The van der Waals surface area contributed by atoms with E-state index in [1.165, 1.54) is 17.7 Å². The van der Waals surface area contributed by atoms with Gasteiger partial charge in [0.15, 0.2) is 0 Å². The fourth-order valence-corrected chi connectivity index (χ4v) is 4.39. The Morgan fingerprint density at radius 2 is 2.04 bits per heavy atom. The van der Waals surface area contributed by atoms with Gasteiger partial charge in [-0.25, -0.2) is 9.97 Å². The molecule has 7 heteroatoms. The third kappa shape index (κ3) is 3.91. The Morgan fingerprint density at radius 1 is 1.21 bits per heavy atom. The lowest BCUT2D eigenvalue weighted by Gasteiger charge is -2.40. The first-order valence-electron chi connectivity index (χ1n) is 8.82. The van der Waals surface area contributed by atoms with Crippen LogP contribution in [0.25, 0.3) is 6.08 Å². The fourth-order valence-electron chi connectivity index (χ4n) is 3.59. The number of hydrogen-bond acceptors (Lipinski definition) is 7. The topological polar surface area (TPSA) is 53.5 Å². The number of hydrogen-bond donors (Lipinski definition) is 1. The predicted molar refractivity (Wildman–Crippen MR) is 98.1 cm³/mol. The van der Waals surface area contributed by atoms with Crippen molar-refractivity contribution >= 4 is 23.8 Å². The normalized spacial score (nSPS) is 25.5. The maximum atomic E-state index is 5.46. The second kappa shape index (κ2) is 7.82. The van der Waals surface area contributed by atoms with Gasteiger partial charge < -0.3 is 15.0 Å². The van der Waals surface area contributed by atoms with E-state index in [2.05, 4.69) is 26.2 Å². The number of rotatable bonds is 3. The highest BCUT2D eigenvalue weighted by atomic mass is 32.2. The second-order valence-electron chi connectivity index (χ2n) is 6.47. The van der Waals surface area contributed by atoms with Crippen molar-refractivity contribution in [3.63, 3.8) is 0 Å². The molecule has 130 valence electrons. The molecule has 0 atom stereocenters. The third-order valence-electron chi connectivity index (χ3n) is 4.94. The van der Waals surface area contributed by atoms with Gasteiger partial charge in [0.05, 0.1) is 18.9 Å². The molecule has 3 saturated heterocycles. The molecule has 1 aromatic rings. The van der Waals surface area contributed by atoms with Crippen LogP contribution in [0.5, 0.6) is 0 Å². The number of morpholine rings is 1. The first-order chi connectivity index (χ1) is 11.9. The SMILES string of the molecule is C(=C1CNCS1)c1ccnc(N2CCC(N3CCOCC3)CC2)n1. The van der Waals surface area contributed by atoms with Crippen LogP contribution >= 0.6 is 11.8 Å². The second-order valence-corrected chi connectivity index (χ2v) is 7.58. The van der Waals surface area contributed by atoms with Crippen molar-refractivity contribution in [2.45, 2.75) is 18.9 Å². The molecule has 24 heavy (non-hydrogen) atoms. The quantitative estimate of drug-likeness (QED) is 0.887. The van der Waals surface area contributed by atoms with Gasteiger partial charge in [-0.15, -0.1) is 11.8 Å². The van der Waals surface area contributed by atoms with Crippen LogP contribution in [0.3, 0.4) is 0 Å². The summed E-state index contributed by atoms with van der Waals surface area (Å²) in [4.78, 5) is 15.5. The van der Waals surface area contributed by atoms with E-state index in [1.807, 2.05) is 24.0 Å². The highest BCUT2D eigenvalue weighted by Gasteiger charge is 2.26. The molecule has 1 aromatic heterocycles. The van der Waals surface area contributed by atoms with E-state index < -0.39 is 0 Å². The fraction of sp³-hybridized carbons (Fsp3) is 0.647. The first kappa shape index (κ1) is 16.3. The summed E-state index contributed by atoms with van der Waals surface area (Å²) in [6.45, 7) is 6.96. The zero-order chi connectivity index (χ0) is 16.2. The zero-order valence-electron chi connectivity index (χ0n) is 14.0. The minimum absolute atomic E-state index is 0.691. The molecule has 0 bridgehead atoms. The van der Waals surface area contributed by atoms with E-state index in [4.69, 9.17) is 9.72 Å². The number of piperidine rings is 1. The van der Waals surface area contributed by atoms with Crippen LogP contribution in [0.4, 0.5) is 5.95 Å². The van der Waals surface area contributed by atoms with Gasteiger partial charge in [-0.3, -0.25) is 4.90 Å². The van der Waals surface area contributed by atoms with E-state index in [0.717, 1.165) is 63.5 Å². The Bertz CT molecular complexity index is 574. The van der Waals surface area contributed by atoms with Gasteiger partial charge in [-0.1, -0.05) is 0 Å². The van der Waals surface area contributed by atoms with E-state index >= 15 is 0 Å². The molecule has 0 amide bonds. The minimum Gasteiger partial charge on any atom is -0.379 e. The number of aromatic nitrogens is 2. The number of nitrogens with one attached hydrogen (secondary N) is 1. The van der Waals surface area contributed by atoms with E-state index in [9.17, 15) is 0 Å². The van der Waals surface area contributed by atoms with Gasteiger partial charge in [-0.2, -0.15) is 0 Å². The molecule has 0 unspecified atom stereocenters. The Hall–Kier alpha value is -1.15. The lowest BCUT2D eigenvalue weighted by atomic mass is 10.0. The average Bonchev–Trinajstić information content (AvgIpc) is 3.16. The lowest BCUT2D eigenvalue weighted by Crippen LogP contribution is -2.49. The molecule has 0 saturated carbocycles. The summed E-state index contributed by atoms with van der Waals surface area (Å²) < 4.78 is 5.46. The standard InChI is InChI=1S/C17H25N5OS/c1-4-19-17(20-14(1)11-16-12-18-13-24-16)22-5-2-15(3-6-22)21-7-9-23-10-8-21/h1,4,11,15,18H,2-3,5-10,12-13H2. The Kier molecular flexibility index (Phi) is 5.32. The monoisotopic (exact) mass is 347 g/mol. The summed E-state index contributed by atoms with van der Waals surface area (Å²) >= 11 is 1.85.